The van der Waals surface area contributed by atoms with Gasteiger partial charge in [0.2, 0.25) is 0 Å². The fraction of sp³-hybridized carbons (Fsp3) is 0.545. The second-order valence-electron chi connectivity index (χ2n) is 3.78. The maximum atomic E-state index is 12.1. The third-order valence-electron chi connectivity index (χ3n) is 2.69. The lowest BCUT2D eigenvalue weighted by Crippen LogP contribution is -2.45. The van der Waals surface area contributed by atoms with Crippen molar-refractivity contribution in [3.05, 3.63) is 24.3 Å². The average Bonchev–Trinajstić information content (AvgIpc) is 2.39. The Kier molecular flexibility index (Phi) is 3.46. The van der Waals surface area contributed by atoms with Gasteiger partial charge in [-0.2, -0.15) is 0 Å². The number of ether oxygens (including phenoxy) is 1. The Bertz CT molecular complexity index is 356. The molecule has 1 atom stereocenters. The number of carbonyl (C=O) groups excluding carboxylic acids is 1. The zero-order valence-electron chi connectivity index (χ0n) is 9.30. The summed E-state index contributed by atoms with van der Waals surface area (Å²) in [6.45, 7) is 3.97. The van der Waals surface area contributed by atoms with Gasteiger partial charge in [-0.15, -0.1) is 0 Å². The monoisotopic (exact) mass is 221 g/mol. The highest BCUT2D eigenvalue weighted by Gasteiger charge is 2.23. The van der Waals surface area contributed by atoms with Crippen molar-refractivity contribution in [2.75, 3.05) is 19.7 Å². The molecule has 1 fully saturated rings. The summed E-state index contributed by atoms with van der Waals surface area (Å²) in [5.41, 5.74) is 0.541. The van der Waals surface area contributed by atoms with Crippen LogP contribution in [-0.4, -0.2) is 46.6 Å². The molecule has 0 aliphatic carbocycles. The lowest BCUT2D eigenvalue weighted by Gasteiger charge is -2.32. The van der Waals surface area contributed by atoms with Crippen LogP contribution >= 0.6 is 0 Å². The number of carbonyl (C=O) groups is 1. The molecule has 5 nitrogen and oxygen atoms in total. The SMILES string of the molecule is CCC1CN(C(=O)c2cncnc2)CCO1. The number of morpholine rings is 1. The van der Waals surface area contributed by atoms with Crippen molar-refractivity contribution in [3.8, 4) is 0 Å². The molecule has 1 aliphatic heterocycles. The summed E-state index contributed by atoms with van der Waals surface area (Å²) in [6, 6.07) is 0. The number of hydrogen-bond acceptors (Lipinski definition) is 4. The second-order valence-corrected chi connectivity index (χ2v) is 3.78. The fourth-order valence-electron chi connectivity index (χ4n) is 1.74. The summed E-state index contributed by atoms with van der Waals surface area (Å²) in [5.74, 6) is -0.0117. The zero-order chi connectivity index (χ0) is 11.4. The number of hydrogen-bond donors (Lipinski definition) is 0. The molecule has 86 valence electrons. The molecule has 0 spiro atoms. The van der Waals surface area contributed by atoms with E-state index in [0.29, 0.717) is 25.3 Å². The summed E-state index contributed by atoms with van der Waals surface area (Å²) in [6.07, 6.45) is 5.60. The second kappa shape index (κ2) is 5.03. The first-order chi connectivity index (χ1) is 7.81. The van der Waals surface area contributed by atoms with Gasteiger partial charge in [-0.3, -0.25) is 4.79 Å². The molecule has 0 saturated carbocycles. The van der Waals surface area contributed by atoms with Gasteiger partial charge in [0.1, 0.15) is 6.33 Å². The maximum Gasteiger partial charge on any atom is 0.257 e. The van der Waals surface area contributed by atoms with Crippen LogP contribution in [0.3, 0.4) is 0 Å². The van der Waals surface area contributed by atoms with Crippen molar-refractivity contribution >= 4 is 5.91 Å². The molecule has 1 saturated heterocycles. The van der Waals surface area contributed by atoms with Crippen molar-refractivity contribution in [3.63, 3.8) is 0 Å². The largest absolute Gasteiger partial charge is 0.375 e. The quantitative estimate of drug-likeness (QED) is 0.738. The van der Waals surface area contributed by atoms with E-state index in [4.69, 9.17) is 4.74 Å². The van der Waals surface area contributed by atoms with Gasteiger partial charge in [0, 0.05) is 25.5 Å². The highest BCUT2D eigenvalue weighted by Crippen LogP contribution is 2.11. The van der Waals surface area contributed by atoms with Gasteiger partial charge in [-0.25, -0.2) is 9.97 Å². The minimum Gasteiger partial charge on any atom is -0.375 e. The van der Waals surface area contributed by atoms with Crippen LogP contribution in [0.2, 0.25) is 0 Å². The molecule has 1 amide bonds. The summed E-state index contributed by atoms with van der Waals surface area (Å²) < 4.78 is 5.52. The number of rotatable bonds is 2. The van der Waals surface area contributed by atoms with Gasteiger partial charge >= 0.3 is 0 Å². The lowest BCUT2D eigenvalue weighted by atomic mass is 10.2. The third-order valence-corrected chi connectivity index (χ3v) is 2.69. The minimum absolute atomic E-state index is 0.0117. The van der Waals surface area contributed by atoms with E-state index in [2.05, 4.69) is 16.9 Å². The third kappa shape index (κ3) is 2.36. The molecule has 2 heterocycles. The van der Waals surface area contributed by atoms with Crippen LogP contribution in [0.4, 0.5) is 0 Å². The predicted molar refractivity (Wildman–Crippen MR) is 58.0 cm³/mol. The van der Waals surface area contributed by atoms with Crippen molar-refractivity contribution in [1.82, 2.24) is 14.9 Å². The molecule has 1 aromatic heterocycles. The molecule has 0 aromatic carbocycles. The van der Waals surface area contributed by atoms with Crippen molar-refractivity contribution in [2.24, 2.45) is 0 Å². The molecule has 2 rings (SSSR count). The van der Waals surface area contributed by atoms with Gasteiger partial charge in [0.25, 0.3) is 5.91 Å². The van der Waals surface area contributed by atoms with E-state index >= 15 is 0 Å². The molecule has 5 heteroatoms. The summed E-state index contributed by atoms with van der Waals surface area (Å²) >= 11 is 0. The van der Waals surface area contributed by atoms with E-state index in [1.54, 1.807) is 17.3 Å². The Balaban J connectivity index is 2.05. The summed E-state index contributed by atoms with van der Waals surface area (Å²) in [7, 11) is 0. The fourth-order valence-corrected chi connectivity index (χ4v) is 1.74. The van der Waals surface area contributed by atoms with Crippen LogP contribution in [0.1, 0.15) is 23.7 Å². The van der Waals surface area contributed by atoms with E-state index in [-0.39, 0.29) is 12.0 Å². The summed E-state index contributed by atoms with van der Waals surface area (Å²) in [5, 5.41) is 0. The maximum absolute atomic E-state index is 12.1. The van der Waals surface area contributed by atoms with Crippen molar-refractivity contribution in [2.45, 2.75) is 19.4 Å². The molecule has 0 radical (unpaired) electrons. The smallest absolute Gasteiger partial charge is 0.257 e. The van der Waals surface area contributed by atoms with E-state index < -0.39 is 0 Å². The van der Waals surface area contributed by atoms with Gasteiger partial charge in [-0.05, 0) is 6.42 Å². The van der Waals surface area contributed by atoms with Crippen LogP contribution < -0.4 is 0 Å². The standard InChI is InChI=1S/C11H15N3O2/c1-2-10-7-14(3-4-16-10)11(15)9-5-12-8-13-6-9/h5-6,8,10H,2-4,7H2,1H3. The Morgan fingerprint density at radius 1 is 1.56 bits per heavy atom. The van der Waals surface area contributed by atoms with E-state index in [9.17, 15) is 4.79 Å². The first-order valence-electron chi connectivity index (χ1n) is 5.47. The Morgan fingerprint density at radius 3 is 3.00 bits per heavy atom. The highest BCUT2D eigenvalue weighted by atomic mass is 16.5. The highest BCUT2D eigenvalue weighted by molar-refractivity contribution is 5.93. The minimum atomic E-state index is -0.0117. The van der Waals surface area contributed by atoms with E-state index in [1.807, 2.05) is 0 Å². The topological polar surface area (TPSA) is 55.3 Å². The van der Waals surface area contributed by atoms with E-state index in [0.717, 1.165) is 6.42 Å². The molecule has 0 bridgehead atoms. The number of amides is 1. The predicted octanol–water partition coefficient (Wildman–Crippen LogP) is 0.728. The zero-order valence-corrected chi connectivity index (χ0v) is 9.30. The molecule has 0 N–H and O–H groups in total. The number of nitrogens with zero attached hydrogens (tertiary/aromatic N) is 3. The van der Waals surface area contributed by atoms with Gasteiger partial charge in [0.15, 0.2) is 0 Å². The first-order valence-corrected chi connectivity index (χ1v) is 5.47. The van der Waals surface area contributed by atoms with Gasteiger partial charge in [0.05, 0.1) is 18.3 Å². The first kappa shape index (κ1) is 11.0. The van der Waals surface area contributed by atoms with E-state index in [1.165, 1.54) is 6.33 Å². The lowest BCUT2D eigenvalue weighted by molar-refractivity contribution is -0.0226. The molecular weight excluding hydrogens is 206 g/mol. The van der Waals surface area contributed by atoms with Crippen LogP contribution in [-0.2, 0) is 4.74 Å². The van der Waals surface area contributed by atoms with Crippen molar-refractivity contribution in [1.29, 1.82) is 0 Å². The Morgan fingerprint density at radius 2 is 2.31 bits per heavy atom. The van der Waals surface area contributed by atoms with Crippen molar-refractivity contribution < 1.29 is 9.53 Å². The number of aromatic nitrogens is 2. The molecule has 1 aromatic rings. The molecular formula is C11H15N3O2. The van der Waals surface area contributed by atoms with Crippen LogP contribution in [0.15, 0.2) is 18.7 Å². The van der Waals surface area contributed by atoms with Crippen LogP contribution in [0.5, 0.6) is 0 Å². The van der Waals surface area contributed by atoms with Gasteiger partial charge < -0.3 is 9.64 Å². The normalized spacial score (nSPS) is 20.8. The average molecular weight is 221 g/mol. The molecule has 1 aliphatic rings. The van der Waals surface area contributed by atoms with Gasteiger partial charge in [-0.1, -0.05) is 6.92 Å². The Labute approximate surface area is 94.5 Å². The van der Waals surface area contributed by atoms with Crippen LogP contribution in [0.25, 0.3) is 0 Å². The Hall–Kier alpha value is -1.49. The molecule has 16 heavy (non-hydrogen) atoms. The summed E-state index contributed by atoms with van der Waals surface area (Å²) in [4.78, 5) is 21.6. The molecule has 1 unspecified atom stereocenters. The van der Waals surface area contributed by atoms with Crippen LogP contribution in [0, 0.1) is 0 Å².